The maximum atomic E-state index is 13.4. The van der Waals surface area contributed by atoms with Crippen LogP contribution < -0.4 is 9.80 Å². The number of pyridine rings is 1. The Morgan fingerprint density at radius 3 is 2.56 bits per heavy atom. The van der Waals surface area contributed by atoms with E-state index in [4.69, 9.17) is 16.6 Å². The average Bonchev–Trinajstić information content (AvgIpc) is 3.24. The number of nitrogens with zero attached hydrogens (tertiary/aromatic N) is 8. The summed E-state index contributed by atoms with van der Waals surface area (Å²) in [6.07, 6.45) is 5.51. The van der Waals surface area contributed by atoms with Crippen molar-refractivity contribution in [2.45, 2.75) is 19.4 Å². The number of carbonyl (C=O) groups is 1. The van der Waals surface area contributed by atoms with E-state index >= 15 is 0 Å². The average molecular weight is 483 g/mol. The number of imidazole rings is 1. The summed E-state index contributed by atoms with van der Waals surface area (Å²) in [5.41, 5.74) is 1.33. The molecule has 2 fully saturated rings. The van der Waals surface area contributed by atoms with E-state index in [-0.39, 0.29) is 11.8 Å². The first-order valence-corrected chi connectivity index (χ1v) is 12.0. The van der Waals surface area contributed by atoms with E-state index in [1.807, 2.05) is 46.9 Å². The highest BCUT2D eigenvalue weighted by molar-refractivity contribution is 6.32. The van der Waals surface area contributed by atoms with Gasteiger partial charge in [0.15, 0.2) is 5.82 Å². The third-order valence-corrected chi connectivity index (χ3v) is 7.51. The summed E-state index contributed by atoms with van der Waals surface area (Å²) >= 11 is 6.45. The van der Waals surface area contributed by atoms with Crippen LogP contribution in [0.15, 0.2) is 36.8 Å². The first-order chi connectivity index (χ1) is 16.3. The zero-order valence-electron chi connectivity index (χ0n) is 20.1. The predicted octanol–water partition coefficient (Wildman–Crippen LogP) is 2.36. The molecule has 5 rings (SSSR count). The molecule has 2 aliphatic heterocycles. The second-order valence-corrected chi connectivity index (χ2v) is 10.2. The number of aromatic nitrogens is 4. The molecule has 34 heavy (non-hydrogen) atoms. The molecular formula is C24H31ClN8O. The van der Waals surface area contributed by atoms with Crippen molar-refractivity contribution in [3.05, 3.63) is 47.5 Å². The van der Waals surface area contributed by atoms with Crippen LogP contribution in [-0.4, -0.2) is 88.4 Å². The number of hydrogen-bond acceptors (Lipinski definition) is 7. The summed E-state index contributed by atoms with van der Waals surface area (Å²) in [4.78, 5) is 35.5. The molecule has 0 bridgehead atoms. The second-order valence-electron chi connectivity index (χ2n) is 9.76. The number of anilines is 2. The van der Waals surface area contributed by atoms with E-state index in [0.29, 0.717) is 29.9 Å². The monoisotopic (exact) mass is 482 g/mol. The van der Waals surface area contributed by atoms with Crippen LogP contribution in [0.5, 0.6) is 0 Å². The van der Waals surface area contributed by atoms with Gasteiger partial charge in [0.05, 0.1) is 29.5 Å². The van der Waals surface area contributed by atoms with Crippen molar-refractivity contribution < 1.29 is 4.79 Å². The molecule has 0 atom stereocenters. The van der Waals surface area contributed by atoms with Gasteiger partial charge in [-0.25, -0.2) is 9.97 Å². The van der Waals surface area contributed by atoms with Gasteiger partial charge >= 0.3 is 0 Å². The minimum atomic E-state index is -0.514. The number of carbonyl (C=O) groups excluding carboxylic acids is 1. The van der Waals surface area contributed by atoms with Gasteiger partial charge in [-0.2, -0.15) is 4.98 Å². The summed E-state index contributed by atoms with van der Waals surface area (Å²) in [5.74, 6) is 1.41. The van der Waals surface area contributed by atoms with E-state index in [0.717, 1.165) is 37.5 Å². The quantitative estimate of drug-likeness (QED) is 0.552. The highest BCUT2D eigenvalue weighted by atomic mass is 35.5. The maximum Gasteiger partial charge on any atom is 0.229 e. The number of likely N-dealkylation sites (N-methyl/N-ethyl adjacent to an activating group) is 1. The molecule has 0 saturated carbocycles. The number of amides is 1. The van der Waals surface area contributed by atoms with Crippen LogP contribution in [0.4, 0.5) is 11.8 Å². The van der Waals surface area contributed by atoms with Crippen molar-refractivity contribution in [2.24, 2.45) is 5.92 Å². The highest BCUT2D eigenvalue weighted by Gasteiger charge is 2.41. The third kappa shape index (κ3) is 3.96. The van der Waals surface area contributed by atoms with E-state index in [2.05, 4.69) is 45.6 Å². The molecule has 0 aliphatic carbocycles. The Morgan fingerprint density at radius 2 is 1.82 bits per heavy atom. The topological polar surface area (TPSA) is 73.1 Å². The Bertz CT molecular complexity index is 1200. The van der Waals surface area contributed by atoms with E-state index in [1.165, 1.54) is 0 Å². The summed E-state index contributed by atoms with van der Waals surface area (Å²) in [6, 6.07) is 5.90. The number of halogens is 1. The Labute approximate surface area is 205 Å². The van der Waals surface area contributed by atoms with E-state index in [9.17, 15) is 4.79 Å². The molecule has 9 nitrogen and oxygen atoms in total. The zero-order valence-corrected chi connectivity index (χ0v) is 20.9. The number of piperazine rings is 1. The molecule has 0 spiro atoms. The molecule has 0 aromatic carbocycles. The van der Waals surface area contributed by atoms with Crippen LogP contribution >= 0.6 is 11.6 Å². The Kier molecular flexibility index (Phi) is 5.85. The fourth-order valence-corrected chi connectivity index (χ4v) is 4.85. The van der Waals surface area contributed by atoms with Gasteiger partial charge < -0.3 is 24.0 Å². The van der Waals surface area contributed by atoms with Crippen molar-refractivity contribution in [1.82, 2.24) is 29.2 Å². The van der Waals surface area contributed by atoms with E-state index < -0.39 is 5.54 Å². The minimum Gasteiger partial charge on any atom is -0.353 e. The Morgan fingerprint density at radius 1 is 1.09 bits per heavy atom. The van der Waals surface area contributed by atoms with Gasteiger partial charge in [-0.1, -0.05) is 17.7 Å². The number of hydrogen-bond donors (Lipinski definition) is 0. The van der Waals surface area contributed by atoms with Crippen LogP contribution in [-0.2, 0) is 10.3 Å². The maximum absolute atomic E-state index is 13.4. The SMILES string of the molecule is CN1CCN(c2ncc(Cl)c(N3CC(C(=O)N(C)C(C)(C)c4cnc5ccccn45)C3)n2)CC1. The molecule has 3 aromatic rings. The van der Waals surface area contributed by atoms with Crippen LogP contribution in [0.2, 0.25) is 5.02 Å². The minimum absolute atomic E-state index is 0.108. The molecule has 0 N–H and O–H groups in total. The lowest BCUT2D eigenvalue weighted by Crippen LogP contribution is -2.57. The zero-order chi connectivity index (χ0) is 24.0. The molecule has 180 valence electrons. The normalized spacial score (nSPS) is 17.8. The first-order valence-electron chi connectivity index (χ1n) is 11.7. The highest BCUT2D eigenvalue weighted by Crippen LogP contribution is 2.34. The predicted molar refractivity (Wildman–Crippen MR) is 133 cm³/mol. The summed E-state index contributed by atoms with van der Waals surface area (Å²) in [5, 5.41) is 0.517. The molecule has 0 unspecified atom stereocenters. The molecule has 0 radical (unpaired) electrons. The second kappa shape index (κ2) is 8.70. The number of fused-ring (bicyclic) bond motifs is 1. The molecule has 1 amide bonds. The van der Waals surface area contributed by atoms with Gasteiger partial charge in [0.1, 0.15) is 10.7 Å². The van der Waals surface area contributed by atoms with Gasteiger partial charge in [-0.3, -0.25) is 4.79 Å². The molecule has 10 heteroatoms. The molecule has 3 aromatic heterocycles. The molecule has 2 saturated heterocycles. The summed E-state index contributed by atoms with van der Waals surface area (Å²) in [6.45, 7) is 9.04. The van der Waals surface area contributed by atoms with Crippen LogP contribution in [0, 0.1) is 5.92 Å². The Hall–Kier alpha value is -2.91. The number of rotatable bonds is 5. The molecular weight excluding hydrogens is 452 g/mol. The standard InChI is InChI=1S/C24H31ClN8O/c1-24(2,19-14-26-20-7-5-6-8-33(19)20)30(4)22(34)17-15-32(16-17)21-18(25)13-27-23(28-21)31-11-9-29(3)10-12-31/h5-8,13-14,17H,9-12,15-16H2,1-4H3. The van der Waals surface area contributed by atoms with Gasteiger partial charge in [0.25, 0.3) is 0 Å². The van der Waals surface area contributed by atoms with Crippen molar-refractivity contribution in [1.29, 1.82) is 0 Å². The van der Waals surface area contributed by atoms with Crippen molar-refractivity contribution in [3.8, 4) is 0 Å². The van der Waals surface area contributed by atoms with E-state index in [1.54, 1.807) is 6.20 Å². The van der Waals surface area contributed by atoms with Crippen LogP contribution in [0.3, 0.4) is 0 Å². The third-order valence-electron chi connectivity index (χ3n) is 7.24. The summed E-state index contributed by atoms with van der Waals surface area (Å²) in [7, 11) is 3.99. The van der Waals surface area contributed by atoms with Gasteiger partial charge in [-0.05, 0) is 33.0 Å². The lowest BCUT2D eigenvalue weighted by Gasteiger charge is -2.44. The van der Waals surface area contributed by atoms with Crippen molar-refractivity contribution in [3.63, 3.8) is 0 Å². The fraction of sp³-hybridized carbons (Fsp3) is 0.500. The first kappa shape index (κ1) is 22.9. The van der Waals surface area contributed by atoms with Gasteiger partial charge in [-0.15, -0.1) is 0 Å². The van der Waals surface area contributed by atoms with Crippen molar-refractivity contribution in [2.75, 3.05) is 63.2 Å². The van der Waals surface area contributed by atoms with Crippen LogP contribution in [0.25, 0.3) is 5.65 Å². The Balaban J connectivity index is 1.27. The smallest absolute Gasteiger partial charge is 0.229 e. The largest absolute Gasteiger partial charge is 0.353 e. The van der Waals surface area contributed by atoms with Crippen molar-refractivity contribution >= 4 is 34.9 Å². The lowest BCUT2D eigenvalue weighted by atomic mass is 9.93. The van der Waals surface area contributed by atoms with Gasteiger partial charge in [0.2, 0.25) is 11.9 Å². The summed E-state index contributed by atoms with van der Waals surface area (Å²) < 4.78 is 2.04. The van der Waals surface area contributed by atoms with Crippen LogP contribution in [0.1, 0.15) is 19.5 Å². The molecule has 5 heterocycles. The van der Waals surface area contributed by atoms with Gasteiger partial charge in [0, 0.05) is 52.5 Å². The lowest BCUT2D eigenvalue weighted by molar-refractivity contribution is -0.140. The fourth-order valence-electron chi connectivity index (χ4n) is 4.64. The molecule has 2 aliphatic rings.